The second-order valence-electron chi connectivity index (χ2n) is 12.2. The molecule has 48 heavy (non-hydrogen) atoms. The topological polar surface area (TPSA) is 116 Å². The van der Waals surface area contributed by atoms with Gasteiger partial charge in [-0.25, -0.2) is 0 Å². The number of aryl methyl sites for hydroxylation is 4. The summed E-state index contributed by atoms with van der Waals surface area (Å²) in [6.07, 6.45) is 0. The minimum absolute atomic E-state index is 0.128. The fraction of sp³-hybridized carbons (Fsp3) is 0.263. The molecule has 10 heteroatoms. The van der Waals surface area contributed by atoms with Crippen molar-refractivity contribution in [3.8, 4) is 0 Å². The van der Waals surface area contributed by atoms with Gasteiger partial charge in [0.25, 0.3) is 0 Å². The van der Waals surface area contributed by atoms with Crippen molar-refractivity contribution < 1.29 is 19.2 Å². The molecule has 0 spiro atoms. The van der Waals surface area contributed by atoms with Gasteiger partial charge in [0.15, 0.2) is 11.6 Å². The van der Waals surface area contributed by atoms with Crippen LogP contribution in [0.1, 0.15) is 76.4 Å². The summed E-state index contributed by atoms with van der Waals surface area (Å²) in [5.74, 6) is -1.30. The Morgan fingerprint density at radius 1 is 0.583 bits per heavy atom. The monoisotopic (exact) mass is 684 g/mol. The smallest absolute Gasteiger partial charge is 0.235 e. The molecular weight excluding hydrogens is 647 g/mol. The van der Waals surface area contributed by atoms with Crippen LogP contribution in [0.25, 0.3) is 0 Å². The molecule has 0 aromatic heterocycles. The molecule has 0 unspecified atom stereocenters. The van der Waals surface area contributed by atoms with Crippen LogP contribution in [0.4, 0.5) is 22.7 Å². The van der Waals surface area contributed by atoms with E-state index in [1.807, 2.05) is 53.7 Å². The van der Waals surface area contributed by atoms with Crippen LogP contribution in [0.2, 0.25) is 0 Å². The maximum atomic E-state index is 14.5. The van der Waals surface area contributed by atoms with Gasteiger partial charge in [-0.1, -0.05) is 36.4 Å². The number of anilines is 4. The summed E-state index contributed by atoms with van der Waals surface area (Å²) in [7, 11) is 0. The van der Waals surface area contributed by atoms with Gasteiger partial charge < -0.3 is 21.3 Å². The van der Waals surface area contributed by atoms with Crippen LogP contribution in [0.3, 0.4) is 0 Å². The summed E-state index contributed by atoms with van der Waals surface area (Å²) in [6, 6.07) is 14.6. The predicted molar refractivity (Wildman–Crippen MR) is 193 cm³/mol. The molecule has 0 aliphatic heterocycles. The molecule has 4 N–H and O–H groups in total. The first-order chi connectivity index (χ1) is 22.9. The van der Waals surface area contributed by atoms with Gasteiger partial charge in [-0.15, -0.1) is 23.2 Å². The van der Waals surface area contributed by atoms with E-state index in [1.165, 1.54) is 0 Å². The lowest BCUT2D eigenvalue weighted by Gasteiger charge is -2.26. The zero-order valence-electron chi connectivity index (χ0n) is 27.8. The van der Waals surface area contributed by atoms with E-state index in [2.05, 4.69) is 21.3 Å². The molecule has 2 amide bonds. The number of amides is 2. The Balaban J connectivity index is 1.56. The Kier molecular flexibility index (Phi) is 10.3. The van der Waals surface area contributed by atoms with Gasteiger partial charge in [-0.2, -0.15) is 0 Å². The number of fused-ring (bicyclic) bond motifs is 2. The molecule has 4 aromatic rings. The second-order valence-corrected chi connectivity index (χ2v) is 12.7. The standard InChI is InChI=1S/C38H38Cl2N4O4/c1-19-13-21(3)35(23(5)27(19)17-41-31(45)15-39)43-29-11-7-9-25-33(29)38(48)34-26(37(25)47)10-8-12-30(34)44-36-22(4)14-20(2)28(24(36)6)18-42-32(46)16-40/h7-14,43-44H,15-18H2,1-6H3,(H,41,45)(H,42,46). The van der Waals surface area contributed by atoms with Gasteiger partial charge in [0, 0.05) is 35.6 Å². The van der Waals surface area contributed by atoms with Gasteiger partial charge in [0.1, 0.15) is 11.8 Å². The first kappa shape index (κ1) is 34.7. The summed E-state index contributed by atoms with van der Waals surface area (Å²) in [4.78, 5) is 52.3. The lowest BCUT2D eigenvalue weighted by Crippen LogP contribution is -2.25. The molecule has 0 heterocycles. The van der Waals surface area contributed by atoms with Crippen LogP contribution in [-0.4, -0.2) is 35.1 Å². The average Bonchev–Trinajstić information content (AvgIpc) is 3.06. The number of halogens is 2. The van der Waals surface area contributed by atoms with Crippen LogP contribution < -0.4 is 21.3 Å². The third kappa shape index (κ3) is 6.55. The molecule has 0 atom stereocenters. The molecule has 5 rings (SSSR count). The number of hydrogen-bond acceptors (Lipinski definition) is 6. The van der Waals surface area contributed by atoms with Crippen molar-refractivity contribution >= 4 is 69.3 Å². The fourth-order valence-electron chi connectivity index (χ4n) is 6.57. The highest BCUT2D eigenvalue weighted by Crippen LogP contribution is 2.40. The number of rotatable bonds is 10. The minimum Gasteiger partial charge on any atom is -0.354 e. The maximum absolute atomic E-state index is 14.5. The largest absolute Gasteiger partial charge is 0.354 e. The highest BCUT2D eigenvalue weighted by atomic mass is 35.5. The van der Waals surface area contributed by atoms with Gasteiger partial charge in [-0.05, 0) is 98.2 Å². The summed E-state index contributed by atoms with van der Waals surface area (Å²) in [5.41, 5.74) is 11.5. The van der Waals surface area contributed by atoms with E-state index in [4.69, 9.17) is 23.2 Å². The normalized spacial score (nSPS) is 11.9. The van der Waals surface area contributed by atoms with Crippen molar-refractivity contribution in [3.63, 3.8) is 0 Å². The summed E-state index contributed by atoms with van der Waals surface area (Å²) >= 11 is 11.4. The Labute approximate surface area is 290 Å². The van der Waals surface area contributed by atoms with E-state index < -0.39 is 0 Å². The molecular formula is C38H38Cl2N4O4. The first-order valence-electron chi connectivity index (χ1n) is 15.6. The second kappa shape index (κ2) is 14.2. The third-order valence-electron chi connectivity index (χ3n) is 9.02. The Hall–Kier alpha value is -4.66. The summed E-state index contributed by atoms with van der Waals surface area (Å²) in [5, 5.41) is 12.6. The lowest BCUT2D eigenvalue weighted by molar-refractivity contribution is -0.119. The molecule has 1 aliphatic carbocycles. The zero-order chi connectivity index (χ0) is 34.9. The van der Waals surface area contributed by atoms with Crippen molar-refractivity contribution in [3.05, 3.63) is 115 Å². The van der Waals surface area contributed by atoms with Crippen LogP contribution in [-0.2, 0) is 22.7 Å². The third-order valence-corrected chi connectivity index (χ3v) is 9.51. The summed E-state index contributed by atoms with van der Waals surface area (Å²) in [6.45, 7) is 12.5. The van der Waals surface area contributed by atoms with Crippen molar-refractivity contribution in [1.29, 1.82) is 0 Å². The van der Waals surface area contributed by atoms with Crippen molar-refractivity contribution in [2.75, 3.05) is 22.4 Å². The number of benzene rings is 4. The number of hydrogen-bond donors (Lipinski definition) is 4. The van der Waals surface area contributed by atoms with E-state index in [1.54, 1.807) is 36.4 Å². The SMILES string of the molecule is Cc1cc(C)c(Nc2cccc3c2C(=O)c2c(Nc4c(C)cc(C)c(CNC(=O)CCl)c4C)cccc2C3=O)c(C)c1CNC(=O)CCl. The van der Waals surface area contributed by atoms with Gasteiger partial charge in [-0.3, -0.25) is 19.2 Å². The van der Waals surface area contributed by atoms with E-state index >= 15 is 0 Å². The average molecular weight is 686 g/mol. The van der Waals surface area contributed by atoms with E-state index in [9.17, 15) is 19.2 Å². The lowest BCUT2D eigenvalue weighted by atomic mass is 9.82. The molecule has 0 saturated heterocycles. The molecule has 248 valence electrons. The van der Waals surface area contributed by atoms with Crippen molar-refractivity contribution in [2.24, 2.45) is 0 Å². The maximum Gasteiger partial charge on any atom is 0.235 e. The highest BCUT2D eigenvalue weighted by molar-refractivity contribution is 6.32. The number of carbonyl (C=O) groups excluding carboxylic acids is 4. The van der Waals surface area contributed by atoms with E-state index in [-0.39, 0.29) is 35.1 Å². The van der Waals surface area contributed by atoms with Crippen LogP contribution >= 0.6 is 23.2 Å². The molecule has 0 radical (unpaired) electrons. The quantitative estimate of drug-likeness (QED) is 0.113. The fourth-order valence-corrected chi connectivity index (χ4v) is 6.76. The van der Waals surface area contributed by atoms with Crippen molar-refractivity contribution in [1.82, 2.24) is 10.6 Å². The van der Waals surface area contributed by atoms with Gasteiger partial charge in [0.05, 0.1) is 22.5 Å². The molecule has 0 fully saturated rings. The van der Waals surface area contributed by atoms with Crippen LogP contribution in [0, 0.1) is 41.5 Å². The van der Waals surface area contributed by atoms with Crippen LogP contribution in [0.15, 0.2) is 48.5 Å². The minimum atomic E-state index is -0.278. The van der Waals surface area contributed by atoms with Crippen molar-refractivity contribution in [2.45, 2.75) is 54.6 Å². The molecule has 1 aliphatic rings. The van der Waals surface area contributed by atoms with Gasteiger partial charge in [0.2, 0.25) is 11.8 Å². The van der Waals surface area contributed by atoms with Crippen LogP contribution in [0.5, 0.6) is 0 Å². The number of alkyl halides is 2. The number of nitrogens with one attached hydrogen (secondary N) is 4. The molecule has 8 nitrogen and oxygen atoms in total. The number of carbonyl (C=O) groups is 4. The summed E-state index contributed by atoms with van der Waals surface area (Å²) < 4.78 is 0. The Morgan fingerprint density at radius 3 is 1.35 bits per heavy atom. The van der Waals surface area contributed by atoms with Gasteiger partial charge >= 0.3 is 0 Å². The highest BCUT2D eigenvalue weighted by Gasteiger charge is 2.34. The zero-order valence-corrected chi connectivity index (χ0v) is 29.3. The molecule has 0 bridgehead atoms. The molecule has 4 aromatic carbocycles. The molecule has 0 saturated carbocycles. The Bertz CT molecular complexity index is 1860. The number of ketones is 2. The Morgan fingerprint density at radius 2 is 0.979 bits per heavy atom. The predicted octanol–water partition coefficient (Wildman–Crippen LogP) is 7.51. The first-order valence-corrected chi connectivity index (χ1v) is 16.7. The van der Waals surface area contributed by atoms with E-state index in [0.717, 1.165) is 55.9 Å². The van der Waals surface area contributed by atoms with E-state index in [0.29, 0.717) is 46.7 Å².